The van der Waals surface area contributed by atoms with E-state index < -0.39 is 0 Å². The minimum absolute atomic E-state index is 1.13. The number of aryl methyl sites for hydroxylation is 1. The third-order valence-electron chi connectivity index (χ3n) is 4.32. The molecule has 0 saturated heterocycles. The van der Waals surface area contributed by atoms with Crippen LogP contribution in [0.3, 0.4) is 0 Å². The summed E-state index contributed by atoms with van der Waals surface area (Å²) in [6, 6.07) is 8.73. The summed E-state index contributed by atoms with van der Waals surface area (Å²) in [5.74, 6) is 0. The first-order valence-corrected chi connectivity index (χ1v) is 8.44. The van der Waals surface area contributed by atoms with Gasteiger partial charge in [-0.25, -0.2) is 0 Å². The molecule has 23 heavy (non-hydrogen) atoms. The van der Waals surface area contributed by atoms with Crippen molar-refractivity contribution in [3.05, 3.63) is 77.7 Å². The third kappa shape index (κ3) is 5.17. The van der Waals surface area contributed by atoms with Gasteiger partial charge in [-0.3, -0.25) is 0 Å². The molecule has 0 aromatic heterocycles. The summed E-state index contributed by atoms with van der Waals surface area (Å²) in [6.45, 7) is 5.88. The van der Waals surface area contributed by atoms with E-state index in [-0.39, 0.29) is 0 Å². The van der Waals surface area contributed by atoms with Gasteiger partial charge in [-0.1, -0.05) is 30.9 Å². The van der Waals surface area contributed by atoms with Crippen molar-refractivity contribution >= 4 is 5.69 Å². The number of rotatable bonds is 8. The molecule has 2 N–H and O–H groups in total. The maximum absolute atomic E-state index is 3.70. The lowest BCUT2D eigenvalue weighted by molar-refractivity contribution is 0.799. The van der Waals surface area contributed by atoms with E-state index in [0.717, 1.165) is 25.7 Å². The fourth-order valence-electron chi connectivity index (χ4n) is 2.99. The average molecular weight is 308 g/mol. The average Bonchev–Trinajstić information content (AvgIpc) is 2.60. The van der Waals surface area contributed by atoms with Crippen LogP contribution in [0.4, 0.5) is 5.69 Å². The van der Waals surface area contributed by atoms with Crippen LogP contribution in [-0.2, 0) is 6.42 Å². The Labute approximate surface area is 140 Å². The van der Waals surface area contributed by atoms with Crippen LogP contribution in [0, 0.1) is 0 Å². The molecule has 0 heterocycles. The third-order valence-corrected chi connectivity index (χ3v) is 4.32. The topological polar surface area (TPSA) is 24.1 Å². The highest BCUT2D eigenvalue weighted by atomic mass is 14.8. The summed E-state index contributed by atoms with van der Waals surface area (Å²) in [6.07, 6.45) is 14.1. The maximum Gasteiger partial charge on any atom is 0.0337 e. The van der Waals surface area contributed by atoms with E-state index >= 15 is 0 Å². The molecule has 0 atom stereocenters. The molecule has 1 aliphatic carbocycles. The Hall–Kier alpha value is -2.22. The zero-order chi connectivity index (χ0) is 16.5. The summed E-state index contributed by atoms with van der Waals surface area (Å²) in [5, 5.41) is 6.26. The quantitative estimate of drug-likeness (QED) is 0.678. The second-order valence-electron chi connectivity index (χ2n) is 5.94. The molecule has 122 valence electrons. The van der Waals surface area contributed by atoms with Crippen molar-refractivity contribution in [1.82, 2.24) is 5.32 Å². The summed E-state index contributed by atoms with van der Waals surface area (Å²) in [5.41, 5.74) is 6.88. The molecule has 2 rings (SSSR count). The maximum atomic E-state index is 3.70. The van der Waals surface area contributed by atoms with E-state index in [0.29, 0.717) is 0 Å². The number of allylic oxidation sites excluding steroid dienone is 5. The van der Waals surface area contributed by atoms with Gasteiger partial charge in [0.1, 0.15) is 0 Å². The van der Waals surface area contributed by atoms with Crippen LogP contribution in [0.5, 0.6) is 0 Å². The molecule has 0 unspecified atom stereocenters. The van der Waals surface area contributed by atoms with E-state index in [1.807, 2.05) is 7.05 Å². The largest absolute Gasteiger partial charge is 0.388 e. The molecule has 0 bridgehead atoms. The smallest absolute Gasteiger partial charge is 0.0337 e. The molecule has 0 fully saturated rings. The number of benzene rings is 1. The van der Waals surface area contributed by atoms with Crippen LogP contribution >= 0.6 is 0 Å². The first-order valence-electron chi connectivity index (χ1n) is 8.44. The molecule has 0 amide bonds. The summed E-state index contributed by atoms with van der Waals surface area (Å²) >= 11 is 0. The van der Waals surface area contributed by atoms with Gasteiger partial charge in [0, 0.05) is 18.9 Å². The van der Waals surface area contributed by atoms with Gasteiger partial charge in [-0.15, -0.1) is 0 Å². The fraction of sp³-hybridized carbons (Fsp3) is 0.333. The van der Waals surface area contributed by atoms with Crippen molar-refractivity contribution < 1.29 is 0 Å². The molecule has 2 nitrogen and oxygen atoms in total. The fourth-order valence-corrected chi connectivity index (χ4v) is 2.99. The monoisotopic (exact) mass is 308 g/mol. The Morgan fingerprint density at radius 1 is 1.22 bits per heavy atom. The van der Waals surface area contributed by atoms with Gasteiger partial charge in [0.25, 0.3) is 0 Å². The van der Waals surface area contributed by atoms with E-state index in [1.54, 1.807) is 6.20 Å². The molecule has 2 heteroatoms. The van der Waals surface area contributed by atoms with Crippen LogP contribution in [-0.4, -0.2) is 7.05 Å². The number of hydrogen-bond acceptors (Lipinski definition) is 2. The Kier molecular flexibility index (Phi) is 6.74. The van der Waals surface area contributed by atoms with E-state index in [4.69, 9.17) is 0 Å². The zero-order valence-corrected chi connectivity index (χ0v) is 14.4. The van der Waals surface area contributed by atoms with Gasteiger partial charge in [-0.2, -0.15) is 0 Å². The van der Waals surface area contributed by atoms with Crippen LogP contribution in [0.25, 0.3) is 0 Å². The van der Waals surface area contributed by atoms with Gasteiger partial charge in [0.15, 0.2) is 0 Å². The molecule has 1 aliphatic rings. The standard InChI is InChI=1S/C21H28N2/c1-4-23-16-17(2)21-11-6-5-9-19(21)10-7-8-18-12-14-20(22-3)15-13-18/h4-5,9,12-16,22-23H,1,6-8,10-11H2,2-3H3/b17-16+. The minimum atomic E-state index is 1.13. The Morgan fingerprint density at radius 2 is 2.00 bits per heavy atom. The van der Waals surface area contributed by atoms with Gasteiger partial charge in [0.05, 0.1) is 0 Å². The summed E-state index contributed by atoms with van der Waals surface area (Å²) in [4.78, 5) is 0. The van der Waals surface area contributed by atoms with E-state index in [1.165, 1.54) is 34.4 Å². The van der Waals surface area contributed by atoms with Crippen LogP contribution in [0.1, 0.15) is 38.2 Å². The predicted molar refractivity (Wildman–Crippen MR) is 101 cm³/mol. The Bertz CT molecular complexity index is 603. The highest BCUT2D eigenvalue weighted by molar-refractivity contribution is 5.44. The van der Waals surface area contributed by atoms with Crippen molar-refractivity contribution in [1.29, 1.82) is 0 Å². The highest BCUT2D eigenvalue weighted by Crippen LogP contribution is 2.28. The highest BCUT2D eigenvalue weighted by Gasteiger charge is 2.10. The van der Waals surface area contributed by atoms with Gasteiger partial charge < -0.3 is 10.6 Å². The van der Waals surface area contributed by atoms with Gasteiger partial charge >= 0.3 is 0 Å². The van der Waals surface area contributed by atoms with Gasteiger partial charge in [-0.05, 0) is 79.6 Å². The molecule has 1 aromatic carbocycles. The summed E-state index contributed by atoms with van der Waals surface area (Å²) < 4.78 is 0. The molecule has 0 aliphatic heterocycles. The predicted octanol–water partition coefficient (Wildman–Crippen LogP) is 5.33. The molecule has 1 aromatic rings. The number of nitrogens with one attached hydrogen (secondary N) is 2. The molecular weight excluding hydrogens is 280 g/mol. The van der Waals surface area contributed by atoms with Crippen molar-refractivity contribution in [2.75, 3.05) is 12.4 Å². The van der Waals surface area contributed by atoms with Crippen molar-refractivity contribution in [3.63, 3.8) is 0 Å². The first-order chi connectivity index (χ1) is 11.2. The normalized spacial score (nSPS) is 14.8. The second-order valence-corrected chi connectivity index (χ2v) is 5.94. The van der Waals surface area contributed by atoms with E-state index in [9.17, 15) is 0 Å². The summed E-state index contributed by atoms with van der Waals surface area (Å²) in [7, 11) is 1.95. The molecule has 0 radical (unpaired) electrons. The molecule has 0 saturated carbocycles. The molecular formula is C21H28N2. The first kappa shape index (κ1) is 17.1. The number of anilines is 1. The molecule has 0 spiro atoms. The lowest BCUT2D eigenvalue weighted by atomic mass is 9.89. The zero-order valence-electron chi connectivity index (χ0n) is 14.4. The van der Waals surface area contributed by atoms with Crippen LogP contribution < -0.4 is 10.6 Å². The van der Waals surface area contributed by atoms with E-state index in [2.05, 4.69) is 66.8 Å². The lowest BCUT2D eigenvalue weighted by Crippen LogP contribution is -2.01. The van der Waals surface area contributed by atoms with Crippen LogP contribution in [0.2, 0.25) is 0 Å². The van der Waals surface area contributed by atoms with Crippen molar-refractivity contribution in [2.45, 2.75) is 39.0 Å². The van der Waals surface area contributed by atoms with Crippen molar-refractivity contribution in [3.8, 4) is 0 Å². The van der Waals surface area contributed by atoms with Crippen LogP contribution in [0.15, 0.2) is 72.1 Å². The van der Waals surface area contributed by atoms with Gasteiger partial charge in [0.2, 0.25) is 0 Å². The van der Waals surface area contributed by atoms with Crippen molar-refractivity contribution in [2.24, 2.45) is 0 Å². The Morgan fingerprint density at radius 3 is 2.70 bits per heavy atom. The lowest BCUT2D eigenvalue weighted by Gasteiger charge is -2.17. The Balaban J connectivity index is 1.97. The number of hydrogen-bond donors (Lipinski definition) is 2. The SMILES string of the molecule is C=CN/C=C(\C)C1=C(CCCc2ccc(NC)cc2)C=CCC1. The second kappa shape index (κ2) is 9.04. The minimum Gasteiger partial charge on any atom is -0.388 e.